The lowest BCUT2D eigenvalue weighted by Crippen LogP contribution is -2.35. The van der Waals surface area contributed by atoms with E-state index in [9.17, 15) is 18.0 Å². The molecule has 0 saturated carbocycles. The maximum Gasteiger partial charge on any atom is 0.410 e. The van der Waals surface area contributed by atoms with Gasteiger partial charge in [0.2, 0.25) is 0 Å². The fourth-order valence-corrected chi connectivity index (χ4v) is 3.47. The van der Waals surface area contributed by atoms with Crippen molar-refractivity contribution >= 4 is 17.4 Å². The molecule has 1 aromatic carbocycles. The third-order valence-electron chi connectivity index (χ3n) is 4.95. The Labute approximate surface area is 174 Å². The number of anilines is 2. The number of benzene rings is 1. The molecule has 0 unspecified atom stereocenters. The molecule has 0 saturated heterocycles. The molecule has 31 heavy (non-hydrogen) atoms. The Morgan fingerprint density at radius 3 is 2.65 bits per heavy atom. The predicted octanol–water partition coefficient (Wildman–Crippen LogP) is 4.41. The van der Waals surface area contributed by atoms with Crippen LogP contribution in [0.15, 0.2) is 47.1 Å². The smallest absolute Gasteiger partial charge is 0.410 e. The number of nitrogens with zero attached hydrogens (tertiary/aromatic N) is 2. The minimum Gasteiger partial charge on any atom is -0.493 e. The van der Waals surface area contributed by atoms with Gasteiger partial charge in [0, 0.05) is 24.2 Å². The Hall–Kier alpha value is -3.63. The third kappa shape index (κ3) is 4.03. The molecule has 1 aliphatic rings. The highest BCUT2D eigenvalue weighted by Gasteiger charge is 2.47. The second kappa shape index (κ2) is 7.89. The normalized spacial score (nSPS) is 18.1. The van der Waals surface area contributed by atoms with Crippen LogP contribution in [-0.2, 0) is 0 Å². The summed E-state index contributed by atoms with van der Waals surface area (Å²) < 4.78 is 57.5. The van der Waals surface area contributed by atoms with Crippen molar-refractivity contribution in [2.75, 3.05) is 24.9 Å². The Bertz CT molecular complexity index is 1080. The first-order valence-corrected chi connectivity index (χ1v) is 9.29. The maximum atomic E-state index is 13.7. The zero-order chi connectivity index (χ0) is 22.2. The topological polar surface area (TPSA) is 90.5 Å². The number of hydrogen-bond donors (Lipinski definition) is 2. The van der Waals surface area contributed by atoms with Crippen LogP contribution in [0.4, 0.5) is 24.7 Å². The number of hydrogen-bond acceptors (Lipinski definition) is 6. The lowest BCUT2D eigenvalue weighted by molar-refractivity contribution is -0.174. The van der Waals surface area contributed by atoms with Crippen LogP contribution in [0, 0.1) is 0 Å². The molecule has 2 N–H and O–H groups in total. The number of aromatic nitrogens is 2. The Kier molecular flexibility index (Phi) is 5.25. The van der Waals surface area contributed by atoms with Crippen molar-refractivity contribution in [2.24, 2.45) is 0 Å². The van der Waals surface area contributed by atoms with Gasteiger partial charge in [-0.1, -0.05) is 0 Å². The number of ether oxygens (including phenoxy) is 2. The number of rotatable bonds is 5. The fraction of sp³-hybridized carbons (Fsp3) is 0.300. The summed E-state index contributed by atoms with van der Waals surface area (Å²) in [5.74, 6) is 0.653. The first-order valence-electron chi connectivity index (χ1n) is 9.29. The van der Waals surface area contributed by atoms with E-state index in [1.165, 1.54) is 32.6 Å². The first-order chi connectivity index (χ1) is 14.8. The van der Waals surface area contributed by atoms with E-state index in [1.807, 2.05) is 0 Å². The average Bonchev–Trinajstić information content (AvgIpc) is 3.41. The molecule has 8 nitrogen and oxygen atoms in total. The molecule has 0 spiro atoms. The van der Waals surface area contributed by atoms with E-state index < -0.39 is 24.2 Å². The molecule has 3 aromatic rings. The molecule has 0 fully saturated rings. The van der Waals surface area contributed by atoms with E-state index in [0.717, 1.165) is 4.68 Å². The molecule has 11 heteroatoms. The SMILES string of the molecule is COc1ccc(NC(=O)c2cc3n(n2)[C@@H](C(F)(F)F)C[C@H](c2ccco2)N3)cc1OC. The average molecular weight is 436 g/mol. The molecule has 3 heterocycles. The van der Waals surface area contributed by atoms with Crippen molar-refractivity contribution in [2.45, 2.75) is 24.7 Å². The number of halogens is 3. The van der Waals surface area contributed by atoms with Gasteiger partial charge >= 0.3 is 6.18 Å². The summed E-state index contributed by atoms with van der Waals surface area (Å²) in [6.45, 7) is 0. The van der Waals surface area contributed by atoms with Crippen molar-refractivity contribution in [3.05, 3.63) is 54.1 Å². The van der Waals surface area contributed by atoms with Gasteiger partial charge in [0.15, 0.2) is 23.2 Å². The van der Waals surface area contributed by atoms with Gasteiger partial charge in [-0.2, -0.15) is 18.3 Å². The van der Waals surface area contributed by atoms with Crippen LogP contribution in [0.5, 0.6) is 11.5 Å². The van der Waals surface area contributed by atoms with E-state index in [2.05, 4.69) is 15.7 Å². The highest BCUT2D eigenvalue weighted by molar-refractivity contribution is 6.03. The van der Waals surface area contributed by atoms with Gasteiger partial charge in [0.1, 0.15) is 11.6 Å². The summed E-state index contributed by atoms with van der Waals surface area (Å²) >= 11 is 0. The second-order valence-corrected chi connectivity index (χ2v) is 6.89. The summed E-state index contributed by atoms with van der Waals surface area (Å²) in [6.07, 6.45) is -3.47. The lowest BCUT2D eigenvalue weighted by atomic mass is 10.0. The standard InChI is InChI=1S/C20H19F3N4O4/c1-29-15-6-5-11(8-16(15)30-2)24-19(28)13-10-18-25-12(14-4-3-7-31-14)9-17(20(21,22)23)27(18)26-13/h3-8,10,12,17,25H,9H2,1-2H3,(H,24,28)/t12-,17-/m1/s1. The number of methoxy groups -OCH3 is 2. The van der Waals surface area contributed by atoms with Crippen LogP contribution in [0.1, 0.15) is 34.8 Å². The third-order valence-corrected chi connectivity index (χ3v) is 4.95. The summed E-state index contributed by atoms with van der Waals surface area (Å²) in [6, 6.07) is 6.60. The van der Waals surface area contributed by atoms with Gasteiger partial charge in [-0.15, -0.1) is 0 Å². The van der Waals surface area contributed by atoms with E-state index >= 15 is 0 Å². The van der Waals surface area contributed by atoms with Crippen LogP contribution in [0.25, 0.3) is 0 Å². The van der Waals surface area contributed by atoms with Crippen molar-refractivity contribution < 1.29 is 31.9 Å². The zero-order valence-corrected chi connectivity index (χ0v) is 16.6. The van der Waals surface area contributed by atoms with E-state index in [0.29, 0.717) is 22.9 Å². The van der Waals surface area contributed by atoms with Crippen LogP contribution >= 0.6 is 0 Å². The van der Waals surface area contributed by atoms with Crippen LogP contribution in [0.2, 0.25) is 0 Å². The van der Waals surface area contributed by atoms with Gasteiger partial charge in [-0.3, -0.25) is 4.79 Å². The van der Waals surface area contributed by atoms with Gasteiger partial charge in [-0.05, 0) is 24.3 Å². The van der Waals surface area contributed by atoms with Crippen molar-refractivity contribution in [1.29, 1.82) is 0 Å². The molecule has 2 aromatic heterocycles. The lowest BCUT2D eigenvalue weighted by Gasteiger charge is -2.32. The van der Waals surface area contributed by atoms with Gasteiger partial charge < -0.3 is 24.5 Å². The minimum atomic E-state index is -4.55. The number of carbonyl (C=O) groups is 1. The Morgan fingerprint density at radius 1 is 1.23 bits per heavy atom. The molecule has 1 aliphatic heterocycles. The second-order valence-electron chi connectivity index (χ2n) is 6.89. The van der Waals surface area contributed by atoms with E-state index in [4.69, 9.17) is 13.9 Å². The van der Waals surface area contributed by atoms with Crippen LogP contribution in [0.3, 0.4) is 0 Å². The van der Waals surface area contributed by atoms with Crippen LogP contribution < -0.4 is 20.1 Å². The molecular weight excluding hydrogens is 417 g/mol. The maximum absolute atomic E-state index is 13.7. The number of nitrogens with one attached hydrogen (secondary N) is 2. The van der Waals surface area contributed by atoms with Crippen molar-refractivity contribution in [3.8, 4) is 11.5 Å². The number of amides is 1. The summed E-state index contributed by atoms with van der Waals surface area (Å²) in [5.41, 5.74) is 0.217. The Balaban J connectivity index is 1.61. The number of fused-ring (bicyclic) bond motifs is 1. The minimum absolute atomic E-state index is 0.0763. The molecule has 4 rings (SSSR count). The largest absolute Gasteiger partial charge is 0.493 e. The molecule has 1 amide bonds. The monoisotopic (exact) mass is 436 g/mol. The molecule has 0 bridgehead atoms. The van der Waals surface area contributed by atoms with Gasteiger partial charge in [0.05, 0.1) is 26.5 Å². The van der Waals surface area contributed by atoms with Crippen LogP contribution in [-0.4, -0.2) is 36.1 Å². The molecule has 0 radical (unpaired) electrons. The van der Waals surface area contributed by atoms with Gasteiger partial charge in [0.25, 0.3) is 5.91 Å². The predicted molar refractivity (Wildman–Crippen MR) is 105 cm³/mol. The number of carbonyl (C=O) groups excluding carboxylic acids is 1. The van der Waals surface area contributed by atoms with Crippen molar-refractivity contribution in [1.82, 2.24) is 9.78 Å². The van der Waals surface area contributed by atoms with E-state index in [-0.39, 0.29) is 17.9 Å². The number of alkyl halides is 3. The van der Waals surface area contributed by atoms with Crippen molar-refractivity contribution in [3.63, 3.8) is 0 Å². The quantitative estimate of drug-likeness (QED) is 0.616. The van der Waals surface area contributed by atoms with Gasteiger partial charge in [-0.25, -0.2) is 4.68 Å². The fourth-order valence-electron chi connectivity index (χ4n) is 3.47. The summed E-state index contributed by atoms with van der Waals surface area (Å²) in [5, 5.41) is 9.49. The molecule has 164 valence electrons. The zero-order valence-electron chi connectivity index (χ0n) is 16.6. The molecule has 0 aliphatic carbocycles. The highest BCUT2D eigenvalue weighted by Crippen LogP contribution is 2.43. The molecular formula is C20H19F3N4O4. The highest BCUT2D eigenvalue weighted by atomic mass is 19.4. The summed E-state index contributed by atoms with van der Waals surface area (Å²) in [7, 11) is 2.93. The number of furan rings is 1. The van der Waals surface area contributed by atoms with E-state index in [1.54, 1.807) is 24.3 Å². The molecule has 2 atom stereocenters. The Morgan fingerprint density at radius 2 is 2.00 bits per heavy atom. The first kappa shape index (κ1) is 20.6. The summed E-state index contributed by atoms with van der Waals surface area (Å²) in [4.78, 5) is 12.7.